The predicted molar refractivity (Wildman–Crippen MR) is 103 cm³/mol. The van der Waals surface area contributed by atoms with Crippen LogP contribution in [0.5, 0.6) is 5.75 Å². The number of fused-ring (bicyclic) bond motifs is 1. The van der Waals surface area contributed by atoms with Gasteiger partial charge in [0.1, 0.15) is 5.75 Å². The number of carbonyl (C=O) groups is 2. The van der Waals surface area contributed by atoms with Crippen molar-refractivity contribution in [3.63, 3.8) is 0 Å². The molecule has 0 aromatic heterocycles. The average molecular weight is 364 g/mol. The molecule has 0 spiro atoms. The summed E-state index contributed by atoms with van der Waals surface area (Å²) in [4.78, 5) is 26.3. The molecular weight excluding hydrogens is 340 g/mol. The van der Waals surface area contributed by atoms with Crippen molar-refractivity contribution in [1.82, 2.24) is 10.2 Å². The fourth-order valence-electron chi connectivity index (χ4n) is 4.38. The summed E-state index contributed by atoms with van der Waals surface area (Å²) >= 11 is 0. The molecule has 0 unspecified atom stereocenters. The zero-order chi connectivity index (χ0) is 19.0. The van der Waals surface area contributed by atoms with E-state index >= 15 is 0 Å². The van der Waals surface area contributed by atoms with E-state index in [1.54, 1.807) is 12.1 Å². The number of hydrogen-bond acceptors (Lipinski definition) is 3. The monoisotopic (exact) mass is 364 g/mol. The molecule has 1 heterocycles. The van der Waals surface area contributed by atoms with Crippen molar-refractivity contribution in [2.45, 2.75) is 25.3 Å². The molecule has 1 aliphatic heterocycles. The van der Waals surface area contributed by atoms with Gasteiger partial charge in [-0.15, -0.1) is 0 Å². The van der Waals surface area contributed by atoms with Crippen LogP contribution in [0, 0.1) is 11.8 Å². The largest absolute Gasteiger partial charge is 0.508 e. The number of phenolic OH excluding ortho intramolecular Hbond substituents is 1. The minimum Gasteiger partial charge on any atom is -0.508 e. The first-order valence-corrected chi connectivity index (χ1v) is 9.44. The molecule has 1 saturated carbocycles. The van der Waals surface area contributed by atoms with E-state index in [0.717, 1.165) is 30.5 Å². The van der Waals surface area contributed by atoms with Crippen LogP contribution in [0.2, 0.25) is 0 Å². The highest BCUT2D eigenvalue weighted by molar-refractivity contribution is 5.94. The van der Waals surface area contributed by atoms with Gasteiger partial charge in [0.05, 0.1) is 0 Å². The van der Waals surface area contributed by atoms with E-state index in [1.165, 1.54) is 0 Å². The number of rotatable bonds is 3. The lowest BCUT2D eigenvalue weighted by Crippen LogP contribution is -2.38. The van der Waals surface area contributed by atoms with Gasteiger partial charge in [0.25, 0.3) is 5.91 Å². The van der Waals surface area contributed by atoms with Crippen LogP contribution in [-0.4, -0.2) is 41.5 Å². The molecule has 2 aromatic carbocycles. The Bertz CT molecular complexity index is 845. The van der Waals surface area contributed by atoms with Crippen molar-refractivity contribution in [1.29, 1.82) is 0 Å². The van der Waals surface area contributed by atoms with Gasteiger partial charge in [-0.1, -0.05) is 24.3 Å². The van der Waals surface area contributed by atoms with Gasteiger partial charge in [-0.05, 0) is 60.1 Å². The molecule has 27 heavy (non-hydrogen) atoms. The number of amides is 2. The van der Waals surface area contributed by atoms with E-state index in [2.05, 4.69) is 5.32 Å². The molecule has 4 rings (SSSR count). The molecule has 5 nitrogen and oxygen atoms in total. The molecule has 0 bridgehead atoms. The summed E-state index contributed by atoms with van der Waals surface area (Å²) in [5, 5.41) is 12.3. The molecule has 2 N–H and O–H groups in total. The van der Waals surface area contributed by atoms with Gasteiger partial charge in [0.15, 0.2) is 0 Å². The Morgan fingerprint density at radius 3 is 2.26 bits per heavy atom. The third-order valence-electron chi connectivity index (χ3n) is 6.03. The summed E-state index contributed by atoms with van der Waals surface area (Å²) in [6, 6.07) is 14.8. The molecule has 1 aliphatic carbocycles. The zero-order valence-corrected chi connectivity index (χ0v) is 15.4. The normalized spacial score (nSPS) is 24.2. The van der Waals surface area contributed by atoms with Crippen LogP contribution in [0.15, 0.2) is 48.5 Å². The third-order valence-corrected chi connectivity index (χ3v) is 6.03. The Labute approximate surface area is 159 Å². The van der Waals surface area contributed by atoms with Gasteiger partial charge in [-0.2, -0.15) is 0 Å². The standard InChI is InChI=1S/C22H24N2O3/c1-24(19-10-17-12-21(26)23-13-18(17)11-19)22(27)16-4-2-14(3-5-16)15-6-8-20(25)9-7-15/h2-9,17-19,25H,10-13H2,1H3,(H,23,26)/t17-,18+,19-/m1/s1. The van der Waals surface area contributed by atoms with Crippen molar-refractivity contribution >= 4 is 11.8 Å². The van der Waals surface area contributed by atoms with Gasteiger partial charge < -0.3 is 15.3 Å². The molecule has 2 fully saturated rings. The van der Waals surface area contributed by atoms with Crippen LogP contribution in [0.3, 0.4) is 0 Å². The number of piperidine rings is 1. The van der Waals surface area contributed by atoms with E-state index in [0.29, 0.717) is 23.8 Å². The van der Waals surface area contributed by atoms with Crippen molar-refractivity contribution in [3.05, 3.63) is 54.1 Å². The van der Waals surface area contributed by atoms with Crippen LogP contribution in [0.4, 0.5) is 0 Å². The molecule has 2 aromatic rings. The average Bonchev–Trinajstić information content (AvgIpc) is 3.11. The summed E-state index contributed by atoms with van der Waals surface area (Å²) in [6.45, 7) is 0.739. The molecule has 2 aliphatic rings. The van der Waals surface area contributed by atoms with Crippen molar-refractivity contribution in [3.8, 4) is 16.9 Å². The maximum atomic E-state index is 12.9. The fraction of sp³-hybridized carbons (Fsp3) is 0.364. The van der Waals surface area contributed by atoms with E-state index in [1.807, 2.05) is 48.3 Å². The van der Waals surface area contributed by atoms with Crippen LogP contribution in [-0.2, 0) is 4.79 Å². The quantitative estimate of drug-likeness (QED) is 0.879. The molecular formula is C22H24N2O3. The van der Waals surface area contributed by atoms with Crippen LogP contribution < -0.4 is 5.32 Å². The first kappa shape index (κ1) is 17.6. The van der Waals surface area contributed by atoms with E-state index in [-0.39, 0.29) is 23.6 Å². The summed E-state index contributed by atoms with van der Waals surface area (Å²) in [5.41, 5.74) is 2.67. The van der Waals surface area contributed by atoms with Crippen molar-refractivity contribution < 1.29 is 14.7 Å². The van der Waals surface area contributed by atoms with Crippen LogP contribution in [0.1, 0.15) is 29.6 Å². The van der Waals surface area contributed by atoms with Gasteiger partial charge in [-0.25, -0.2) is 0 Å². The van der Waals surface area contributed by atoms with Crippen molar-refractivity contribution in [2.75, 3.05) is 13.6 Å². The van der Waals surface area contributed by atoms with Crippen LogP contribution >= 0.6 is 0 Å². The Morgan fingerprint density at radius 2 is 1.59 bits per heavy atom. The summed E-state index contributed by atoms with van der Waals surface area (Å²) in [7, 11) is 1.87. The summed E-state index contributed by atoms with van der Waals surface area (Å²) in [5.74, 6) is 1.28. The predicted octanol–water partition coefficient (Wildman–Crippen LogP) is 3.05. The van der Waals surface area contributed by atoms with Gasteiger partial charge in [0.2, 0.25) is 5.91 Å². The lowest BCUT2D eigenvalue weighted by molar-refractivity contribution is -0.124. The second-order valence-electron chi connectivity index (χ2n) is 7.69. The lowest BCUT2D eigenvalue weighted by Gasteiger charge is -2.25. The first-order valence-electron chi connectivity index (χ1n) is 9.44. The number of hydrogen-bond donors (Lipinski definition) is 2. The first-order chi connectivity index (χ1) is 13.0. The number of aromatic hydroxyl groups is 1. The minimum absolute atomic E-state index is 0.0233. The molecule has 3 atom stereocenters. The fourth-order valence-corrected chi connectivity index (χ4v) is 4.38. The molecule has 2 amide bonds. The third kappa shape index (κ3) is 3.54. The molecule has 5 heteroatoms. The summed E-state index contributed by atoms with van der Waals surface area (Å²) in [6.07, 6.45) is 2.45. The SMILES string of the molecule is CN(C(=O)c1ccc(-c2ccc(O)cc2)cc1)[C@H]1C[C@H]2CNC(=O)C[C@H]2C1. The molecule has 140 valence electrons. The maximum absolute atomic E-state index is 12.9. The number of phenols is 1. The van der Waals surface area contributed by atoms with Gasteiger partial charge >= 0.3 is 0 Å². The number of nitrogens with one attached hydrogen (secondary N) is 1. The highest BCUT2D eigenvalue weighted by Gasteiger charge is 2.40. The minimum atomic E-state index is 0.0233. The number of nitrogens with zero attached hydrogens (tertiary/aromatic N) is 1. The topological polar surface area (TPSA) is 69.6 Å². The van der Waals surface area contributed by atoms with Gasteiger partial charge in [0, 0.05) is 31.6 Å². The second-order valence-corrected chi connectivity index (χ2v) is 7.69. The van der Waals surface area contributed by atoms with Crippen LogP contribution in [0.25, 0.3) is 11.1 Å². The number of benzene rings is 2. The lowest BCUT2D eigenvalue weighted by atomic mass is 9.89. The number of carbonyl (C=O) groups excluding carboxylic acids is 2. The summed E-state index contributed by atoms with van der Waals surface area (Å²) < 4.78 is 0. The Balaban J connectivity index is 1.44. The smallest absolute Gasteiger partial charge is 0.253 e. The molecule has 1 saturated heterocycles. The zero-order valence-electron chi connectivity index (χ0n) is 15.4. The Kier molecular flexibility index (Phi) is 4.60. The van der Waals surface area contributed by atoms with E-state index < -0.39 is 0 Å². The second kappa shape index (κ2) is 7.06. The van der Waals surface area contributed by atoms with Gasteiger partial charge in [-0.3, -0.25) is 9.59 Å². The van der Waals surface area contributed by atoms with Crippen molar-refractivity contribution in [2.24, 2.45) is 11.8 Å². The Hall–Kier alpha value is -2.82. The van der Waals surface area contributed by atoms with E-state index in [9.17, 15) is 14.7 Å². The Morgan fingerprint density at radius 1 is 1.00 bits per heavy atom. The highest BCUT2D eigenvalue weighted by atomic mass is 16.3. The maximum Gasteiger partial charge on any atom is 0.253 e. The van der Waals surface area contributed by atoms with E-state index in [4.69, 9.17) is 0 Å². The molecule has 0 radical (unpaired) electrons. The highest BCUT2D eigenvalue weighted by Crippen LogP contribution is 2.38.